The van der Waals surface area contributed by atoms with E-state index in [2.05, 4.69) is 5.10 Å². The number of aryl methyl sites for hydroxylation is 2. The first-order valence-electron chi connectivity index (χ1n) is 6.10. The molecule has 1 aromatic carbocycles. The summed E-state index contributed by atoms with van der Waals surface area (Å²) in [6.45, 7) is 4.18. The van der Waals surface area contributed by atoms with Gasteiger partial charge in [-0.3, -0.25) is 4.68 Å². The third-order valence-corrected chi connectivity index (χ3v) is 3.32. The van der Waals surface area contributed by atoms with Crippen LogP contribution in [0.1, 0.15) is 23.0 Å². The van der Waals surface area contributed by atoms with Crippen molar-refractivity contribution in [1.82, 2.24) is 9.78 Å². The summed E-state index contributed by atoms with van der Waals surface area (Å²) in [5.74, 6) is -0.921. The Kier molecular flexibility index (Phi) is 4.09. The maximum absolute atomic E-state index is 13.2. The highest BCUT2D eigenvalue weighted by molar-refractivity contribution is 6.33. The van der Waals surface area contributed by atoms with Crippen LogP contribution in [0.3, 0.4) is 0 Å². The summed E-state index contributed by atoms with van der Waals surface area (Å²) in [5.41, 5.74) is 2.00. The molecular weight excluding hydrogens is 283 g/mol. The average molecular weight is 297 g/mol. The largest absolute Gasteiger partial charge is 0.465 e. The number of aromatic nitrogens is 2. The number of ether oxygens (including phenoxy) is 1. The van der Waals surface area contributed by atoms with Crippen molar-refractivity contribution in [3.63, 3.8) is 0 Å². The summed E-state index contributed by atoms with van der Waals surface area (Å²) >= 11 is 6.09. The number of benzene rings is 1. The summed E-state index contributed by atoms with van der Waals surface area (Å²) in [4.78, 5) is 11.9. The van der Waals surface area contributed by atoms with Crippen LogP contribution in [-0.4, -0.2) is 22.9 Å². The number of methoxy groups -OCH3 is 1. The van der Waals surface area contributed by atoms with E-state index < -0.39 is 11.8 Å². The van der Waals surface area contributed by atoms with Gasteiger partial charge < -0.3 is 4.74 Å². The lowest BCUT2D eigenvalue weighted by atomic mass is 10.1. The van der Waals surface area contributed by atoms with Gasteiger partial charge in [0.15, 0.2) is 0 Å². The van der Waals surface area contributed by atoms with Crippen LogP contribution in [0, 0.1) is 12.7 Å². The predicted octanol–water partition coefficient (Wildman–Crippen LogP) is 3.46. The zero-order chi connectivity index (χ0) is 14.9. The molecular formula is C14H14ClFN2O2. The quantitative estimate of drug-likeness (QED) is 0.815. The maximum atomic E-state index is 13.2. The zero-order valence-corrected chi connectivity index (χ0v) is 12.2. The fourth-order valence-electron chi connectivity index (χ4n) is 2.11. The van der Waals surface area contributed by atoms with Gasteiger partial charge in [-0.2, -0.15) is 5.10 Å². The second-order valence-electron chi connectivity index (χ2n) is 4.24. The van der Waals surface area contributed by atoms with E-state index >= 15 is 0 Å². The van der Waals surface area contributed by atoms with E-state index in [-0.39, 0.29) is 5.02 Å². The molecule has 0 radical (unpaired) electrons. The molecule has 0 aliphatic heterocycles. The van der Waals surface area contributed by atoms with E-state index in [0.717, 1.165) is 0 Å². The maximum Gasteiger partial charge on any atom is 0.342 e. The Labute approximate surface area is 121 Å². The first kappa shape index (κ1) is 14.5. The van der Waals surface area contributed by atoms with Gasteiger partial charge in [0.25, 0.3) is 0 Å². The molecule has 2 rings (SSSR count). The van der Waals surface area contributed by atoms with Gasteiger partial charge in [-0.15, -0.1) is 0 Å². The van der Waals surface area contributed by atoms with Crippen molar-refractivity contribution in [2.45, 2.75) is 20.4 Å². The summed E-state index contributed by atoms with van der Waals surface area (Å²) in [6, 6.07) is 4.04. The van der Waals surface area contributed by atoms with Gasteiger partial charge in [-0.25, -0.2) is 9.18 Å². The van der Waals surface area contributed by atoms with Crippen LogP contribution in [-0.2, 0) is 11.3 Å². The first-order chi connectivity index (χ1) is 9.49. The zero-order valence-electron chi connectivity index (χ0n) is 11.4. The Hall–Kier alpha value is -1.88. The number of nitrogens with zero attached hydrogens (tertiary/aromatic N) is 2. The number of carbonyl (C=O) groups excluding carboxylic acids is 1. The lowest BCUT2D eigenvalue weighted by molar-refractivity contribution is 0.0601. The summed E-state index contributed by atoms with van der Waals surface area (Å²) in [7, 11) is 1.31. The minimum absolute atomic E-state index is 0.227. The van der Waals surface area contributed by atoms with Crippen molar-refractivity contribution >= 4 is 17.6 Å². The molecule has 1 heterocycles. The monoisotopic (exact) mass is 296 g/mol. The second-order valence-corrected chi connectivity index (χ2v) is 4.65. The van der Waals surface area contributed by atoms with Crippen LogP contribution < -0.4 is 0 Å². The van der Waals surface area contributed by atoms with Crippen LogP contribution in [0.15, 0.2) is 18.2 Å². The highest BCUT2D eigenvalue weighted by atomic mass is 35.5. The third kappa shape index (κ3) is 2.41. The van der Waals surface area contributed by atoms with Crippen LogP contribution in [0.2, 0.25) is 5.02 Å². The lowest BCUT2D eigenvalue weighted by Crippen LogP contribution is -2.06. The minimum Gasteiger partial charge on any atom is -0.465 e. The van der Waals surface area contributed by atoms with Gasteiger partial charge in [0.1, 0.15) is 11.4 Å². The molecule has 4 nitrogen and oxygen atoms in total. The van der Waals surface area contributed by atoms with Crippen LogP contribution in [0.5, 0.6) is 0 Å². The lowest BCUT2D eigenvalue weighted by Gasteiger charge is -2.09. The molecule has 0 N–H and O–H groups in total. The Morgan fingerprint density at radius 3 is 2.75 bits per heavy atom. The molecule has 0 aliphatic carbocycles. The van der Waals surface area contributed by atoms with Crippen molar-refractivity contribution in [3.05, 3.63) is 40.3 Å². The molecule has 0 spiro atoms. The minimum atomic E-state index is -0.488. The Morgan fingerprint density at radius 2 is 2.20 bits per heavy atom. The summed E-state index contributed by atoms with van der Waals surface area (Å²) in [6.07, 6.45) is 0. The smallest absolute Gasteiger partial charge is 0.342 e. The van der Waals surface area contributed by atoms with E-state index in [1.807, 2.05) is 6.92 Å². The topological polar surface area (TPSA) is 44.1 Å². The Balaban J connectivity index is 2.74. The summed E-state index contributed by atoms with van der Waals surface area (Å²) in [5, 5.41) is 4.53. The Bertz CT molecular complexity index is 667. The van der Waals surface area contributed by atoms with E-state index in [9.17, 15) is 9.18 Å². The summed E-state index contributed by atoms with van der Waals surface area (Å²) < 4.78 is 19.6. The standard InChI is InChI=1S/C14H14ClFN2O2/c1-4-18-13(10-6-5-9(16)7-11(10)15)12(8(2)17-18)14(19)20-3/h5-7H,4H2,1-3H3. The number of rotatable bonds is 3. The van der Waals surface area contributed by atoms with E-state index in [1.54, 1.807) is 11.6 Å². The van der Waals surface area contributed by atoms with Gasteiger partial charge in [-0.1, -0.05) is 11.6 Å². The fraction of sp³-hybridized carbons (Fsp3) is 0.286. The molecule has 106 valence electrons. The van der Waals surface area contributed by atoms with Crippen molar-refractivity contribution in [2.75, 3.05) is 7.11 Å². The molecule has 2 aromatic rings. The number of halogens is 2. The van der Waals surface area contributed by atoms with E-state index in [1.165, 1.54) is 25.3 Å². The molecule has 0 atom stereocenters. The van der Waals surface area contributed by atoms with Crippen LogP contribution >= 0.6 is 11.6 Å². The third-order valence-electron chi connectivity index (χ3n) is 3.00. The van der Waals surface area contributed by atoms with E-state index in [4.69, 9.17) is 16.3 Å². The molecule has 1 aromatic heterocycles. The van der Waals surface area contributed by atoms with Gasteiger partial charge in [0.2, 0.25) is 0 Å². The van der Waals surface area contributed by atoms with Crippen molar-refractivity contribution in [2.24, 2.45) is 0 Å². The van der Waals surface area contributed by atoms with Gasteiger partial charge >= 0.3 is 5.97 Å². The molecule has 0 unspecified atom stereocenters. The molecule has 20 heavy (non-hydrogen) atoms. The van der Waals surface area contributed by atoms with Gasteiger partial charge in [-0.05, 0) is 32.0 Å². The normalized spacial score (nSPS) is 10.7. The number of carbonyl (C=O) groups is 1. The number of esters is 1. The van der Waals surface area contributed by atoms with Gasteiger partial charge in [0, 0.05) is 12.1 Å². The first-order valence-corrected chi connectivity index (χ1v) is 6.48. The predicted molar refractivity (Wildman–Crippen MR) is 74.4 cm³/mol. The average Bonchev–Trinajstić information content (AvgIpc) is 2.74. The van der Waals surface area contributed by atoms with E-state index in [0.29, 0.717) is 29.1 Å². The molecule has 0 bridgehead atoms. The molecule has 0 amide bonds. The number of hydrogen-bond donors (Lipinski definition) is 0. The highest BCUT2D eigenvalue weighted by Crippen LogP contribution is 2.33. The van der Waals surface area contributed by atoms with Crippen molar-refractivity contribution < 1.29 is 13.9 Å². The van der Waals surface area contributed by atoms with Crippen LogP contribution in [0.4, 0.5) is 4.39 Å². The molecule has 0 aliphatic rings. The molecule has 0 fully saturated rings. The van der Waals surface area contributed by atoms with Crippen molar-refractivity contribution in [1.29, 1.82) is 0 Å². The molecule has 6 heteroatoms. The Morgan fingerprint density at radius 1 is 1.50 bits per heavy atom. The molecule has 0 saturated heterocycles. The fourth-order valence-corrected chi connectivity index (χ4v) is 2.37. The second kappa shape index (κ2) is 5.63. The highest BCUT2D eigenvalue weighted by Gasteiger charge is 2.24. The van der Waals surface area contributed by atoms with Crippen molar-refractivity contribution in [3.8, 4) is 11.3 Å². The SMILES string of the molecule is CCn1nc(C)c(C(=O)OC)c1-c1ccc(F)cc1Cl. The van der Waals surface area contributed by atoms with Gasteiger partial charge in [0.05, 0.1) is 23.5 Å². The number of hydrogen-bond acceptors (Lipinski definition) is 3. The van der Waals surface area contributed by atoms with Crippen LogP contribution in [0.25, 0.3) is 11.3 Å². The molecule has 0 saturated carbocycles.